The molecule has 23 heavy (non-hydrogen) atoms. The molecule has 0 saturated carbocycles. The Morgan fingerprint density at radius 2 is 2.26 bits per heavy atom. The first-order valence-electron chi connectivity index (χ1n) is 6.99. The number of primary amides is 1. The van der Waals surface area contributed by atoms with Crippen LogP contribution in [0.4, 0.5) is 13.6 Å². The van der Waals surface area contributed by atoms with Crippen molar-refractivity contribution >= 4 is 17.6 Å². The number of likely N-dealkylation sites (tertiary alicyclic amines) is 1. The Morgan fingerprint density at radius 3 is 2.96 bits per heavy atom. The Bertz CT molecular complexity index is 738. The average Bonchev–Trinajstić information content (AvgIpc) is 3.09. The Hall–Kier alpha value is -2.22. The van der Waals surface area contributed by atoms with Gasteiger partial charge in [0.25, 0.3) is 0 Å². The smallest absolute Gasteiger partial charge is 0.315 e. The monoisotopic (exact) mass is 341 g/mol. The van der Waals surface area contributed by atoms with Crippen molar-refractivity contribution in [3.8, 4) is 11.3 Å². The molecule has 0 spiro atoms. The lowest BCUT2D eigenvalue weighted by molar-refractivity contribution is 0.193. The number of rotatable bonds is 3. The molecule has 1 aromatic carbocycles. The maximum Gasteiger partial charge on any atom is 0.315 e. The number of aromatic nitrogens is 3. The van der Waals surface area contributed by atoms with E-state index in [-0.39, 0.29) is 30.6 Å². The molecular formula is C14H14ClF2N5O. The summed E-state index contributed by atoms with van der Waals surface area (Å²) in [5.74, 6) is -0.514. The Morgan fingerprint density at radius 1 is 1.48 bits per heavy atom. The number of carbonyl (C=O) groups excluding carboxylic acids is 1. The number of hydrogen-bond donors (Lipinski definition) is 1. The van der Waals surface area contributed by atoms with Gasteiger partial charge in [-0.1, -0.05) is 16.8 Å². The van der Waals surface area contributed by atoms with Gasteiger partial charge in [-0.25, -0.2) is 18.3 Å². The van der Waals surface area contributed by atoms with E-state index >= 15 is 0 Å². The molecule has 2 heterocycles. The van der Waals surface area contributed by atoms with Gasteiger partial charge in [-0.3, -0.25) is 0 Å². The lowest BCUT2D eigenvalue weighted by Gasteiger charge is -2.21. The van der Waals surface area contributed by atoms with Gasteiger partial charge in [-0.15, -0.1) is 5.10 Å². The molecule has 1 saturated heterocycles. The molecule has 122 valence electrons. The number of halogens is 3. The van der Waals surface area contributed by atoms with Gasteiger partial charge in [0.2, 0.25) is 0 Å². The molecule has 1 aliphatic heterocycles. The van der Waals surface area contributed by atoms with E-state index in [0.717, 1.165) is 0 Å². The Labute approximate surface area is 135 Å². The number of alkyl halides is 1. The molecule has 0 aliphatic carbocycles. The van der Waals surface area contributed by atoms with E-state index in [0.29, 0.717) is 11.3 Å². The van der Waals surface area contributed by atoms with E-state index in [1.807, 2.05) is 0 Å². The van der Waals surface area contributed by atoms with Crippen molar-refractivity contribution in [1.82, 2.24) is 19.9 Å². The maximum atomic E-state index is 13.5. The van der Waals surface area contributed by atoms with E-state index in [9.17, 15) is 13.6 Å². The van der Waals surface area contributed by atoms with Crippen LogP contribution in [0.2, 0.25) is 5.02 Å². The first kappa shape index (κ1) is 15.7. The molecule has 6 nitrogen and oxygen atoms in total. The van der Waals surface area contributed by atoms with Gasteiger partial charge in [0.1, 0.15) is 17.7 Å². The van der Waals surface area contributed by atoms with Gasteiger partial charge >= 0.3 is 6.03 Å². The van der Waals surface area contributed by atoms with Crippen LogP contribution in [-0.4, -0.2) is 44.7 Å². The number of hydrogen-bond acceptors (Lipinski definition) is 3. The highest BCUT2D eigenvalue weighted by Gasteiger charge is 2.34. The minimum atomic E-state index is -1.09. The van der Waals surface area contributed by atoms with Crippen LogP contribution in [-0.2, 0) is 6.54 Å². The van der Waals surface area contributed by atoms with Crippen LogP contribution >= 0.6 is 11.6 Å². The maximum absolute atomic E-state index is 13.5. The predicted molar refractivity (Wildman–Crippen MR) is 80.0 cm³/mol. The fourth-order valence-corrected chi connectivity index (χ4v) is 2.87. The Kier molecular flexibility index (Phi) is 4.16. The summed E-state index contributed by atoms with van der Waals surface area (Å²) in [6, 6.07) is 3.22. The number of nitrogens with two attached hydrogens (primary N) is 1. The van der Waals surface area contributed by atoms with E-state index in [2.05, 4.69) is 10.3 Å². The largest absolute Gasteiger partial charge is 0.351 e. The normalized spacial score (nSPS) is 20.9. The minimum absolute atomic E-state index is 0.00484. The van der Waals surface area contributed by atoms with Crippen molar-refractivity contribution in [1.29, 1.82) is 0 Å². The van der Waals surface area contributed by atoms with Crippen molar-refractivity contribution in [2.24, 2.45) is 5.73 Å². The molecule has 1 fully saturated rings. The van der Waals surface area contributed by atoms with E-state index < -0.39 is 18.0 Å². The summed E-state index contributed by atoms with van der Waals surface area (Å²) in [5, 5.41) is 7.94. The Balaban J connectivity index is 1.77. The van der Waals surface area contributed by atoms with E-state index in [4.69, 9.17) is 17.3 Å². The number of amides is 2. The summed E-state index contributed by atoms with van der Waals surface area (Å²) in [7, 11) is 0. The molecule has 2 aromatic rings. The second kappa shape index (κ2) is 6.11. The third-order valence-electron chi connectivity index (χ3n) is 3.80. The third-order valence-corrected chi connectivity index (χ3v) is 4.09. The lowest BCUT2D eigenvalue weighted by Crippen LogP contribution is -2.41. The molecule has 1 aliphatic rings. The van der Waals surface area contributed by atoms with Crippen molar-refractivity contribution in [3.05, 3.63) is 35.2 Å². The van der Waals surface area contributed by atoms with Gasteiger partial charge in [0, 0.05) is 12.0 Å². The summed E-state index contributed by atoms with van der Waals surface area (Å²) >= 11 is 5.75. The van der Waals surface area contributed by atoms with Gasteiger partial charge in [0.15, 0.2) is 0 Å². The second-order valence-corrected chi connectivity index (χ2v) is 5.84. The molecule has 1 aromatic heterocycles. The van der Waals surface area contributed by atoms with Crippen molar-refractivity contribution in [2.45, 2.75) is 25.2 Å². The topological polar surface area (TPSA) is 77.0 Å². The molecule has 3 rings (SSSR count). The summed E-state index contributed by atoms with van der Waals surface area (Å²) in [6.07, 6.45) is 0.751. The molecule has 0 bridgehead atoms. The lowest BCUT2D eigenvalue weighted by atomic mass is 10.1. The molecule has 2 amide bonds. The van der Waals surface area contributed by atoms with Crippen LogP contribution in [0.1, 0.15) is 6.42 Å². The highest BCUT2D eigenvalue weighted by Crippen LogP contribution is 2.24. The zero-order valence-corrected chi connectivity index (χ0v) is 12.7. The van der Waals surface area contributed by atoms with Crippen LogP contribution in [0.25, 0.3) is 11.3 Å². The van der Waals surface area contributed by atoms with Crippen LogP contribution in [0.15, 0.2) is 24.4 Å². The number of urea groups is 1. The summed E-state index contributed by atoms with van der Waals surface area (Å²) in [5.41, 5.74) is 6.38. The number of nitrogens with zero attached hydrogens (tertiary/aromatic N) is 4. The summed E-state index contributed by atoms with van der Waals surface area (Å²) in [6.45, 7) is 0.278. The SMILES string of the molecule is NC(=O)N1CC(F)CC1Cn1cc(-c2ccc(F)c(Cl)c2)nn1. The average molecular weight is 342 g/mol. The highest BCUT2D eigenvalue weighted by atomic mass is 35.5. The third kappa shape index (κ3) is 3.26. The number of carbonyl (C=O) groups is 1. The molecule has 9 heteroatoms. The quantitative estimate of drug-likeness (QED) is 0.930. The van der Waals surface area contributed by atoms with Gasteiger partial charge in [-0.05, 0) is 18.2 Å². The predicted octanol–water partition coefficient (Wildman–Crippen LogP) is 2.23. The summed E-state index contributed by atoms with van der Waals surface area (Å²) < 4.78 is 28.2. The first-order valence-corrected chi connectivity index (χ1v) is 7.37. The highest BCUT2D eigenvalue weighted by molar-refractivity contribution is 6.31. The van der Waals surface area contributed by atoms with E-state index in [1.165, 1.54) is 21.7 Å². The standard InChI is InChI=1S/C14H14ClF2N5O/c15-11-3-8(1-2-12(11)17)13-7-21(20-19-13)6-10-4-9(16)5-22(10)14(18)23/h1-3,7,9-10H,4-6H2,(H2,18,23). The van der Waals surface area contributed by atoms with Crippen LogP contribution in [0, 0.1) is 5.82 Å². The molecule has 0 radical (unpaired) electrons. The van der Waals surface area contributed by atoms with Crippen LogP contribution < -0.4 is 5.73 Å². The zero-order chi connectivity index (χ0) is 16.6. The van der Waals surface area contributed by atoms with Gasteiger partial charge in [0.05, 0.1) is 30.4 Å². The minimum Gasteiger partial charge on any atom is -0.351 e. The fourth-order valence-electron chi connectivity index (χ4n) is 2.69. The summed E-state index contributed by atoms with van der Waals surface area (Å²) in [4.78, 5) is 12.6. The second-order valence-electron chi connectivity index (χ2n) is 5.43. The first-order chi connectivity index (χ1) is 10.9. The van der Waals surface area contributed by atoms with Crippen molar-refractivity contribution in [2.75, 3.05) is 6.54 Å². The van der Waals surface area contributed by atoms with Crippen LogP contribution in [0.3, 0.4) is 0 Å². The molecule has 2 atom stereocenters. The fraction of sp³-hybridized carbons (Fsp3) is 0.357. The van der Waals surface area contributed by atoms with Crippen molar-refractivity contribution < 1.29 is 13.6 Å². The zero-order valence-electron chi connectivity index (χ0n) is 12.0. The van der Waals surface area contributed by atoms with E-state index in [1.54, 1.807) is 12.3 Å². The van der Waals surface area contributed by atoms with Gasteiger partial charge in [-0.2, -0.15) is 0 Å². The van der Waals surface area contributed by atoms with Gasteiger partial charge < -0.3 is 10.6 Å². The van der Waals surface area contributed by atoms with Crippen LogP contribution in [0.5, 0.6) is 0 Å². The molecular weight excluding hydrogens is 328 g/mol. The number of benzene rings is 1. The van der Waals surface area contributed by atoms with Crippen molar-refractivity contribution in [3.63, 3.8) is 0 Å². The molecule has 2 N–H and O–H groups in total. The molecule has 2 unspecified atom stereocenters.